The van der Waals surface area contributed by atoms with Crippen LogP contribution in [0.2, 0.25) is 0 Å². The van der Waals surface area contributed by atoms with Crippen LogP contribution in [0.4, 0.5) is 13.2 Å². The van der Waals surface area contributed by atoms with Gasteiger partial charge in [-0.2, -0.15) is 13.2 Å². The van der Waals surface area contributed by atoms with Crippen LogP contribution < -0.4 is 0 Å². The van der Waals surface area contributed by atoms with Gasteiger partial charge in [0.15, 0.2) is 5.76 Å². The van der Waals surface area contributed by atoms with Crippen LogP contribution in [-0.2, 0) is 6.18 Å². The van der Waals surface area contributed by atoms with E-state index in [2.05, 4.69) is 20.9 Å². The normalized spacial score (nSPS) is 13.6. The van der Waals surface area contributed by atoms with Gasteiger partial charge in [0, 0.05) is 10.0 Å². The van der Waals surface area contributed by atoms with Gasteiger partial charge in [0.1, 0.15) is 5.38 Å². The number of aromatic nitrogens is 1. The molecule has 1 unspecified atom stereocenters. The summed E-state index contributed by atoms with van der Waals surface area (Å²) in [5, 5.41) is -0.446. The predicted octanol–water partition coefficient (Wildman–Crippen LogP) is 5.42. The monoisotopic (exact) mass is 353 g/mol. The number of hydrogen-bond donors (Lipinski definition) is 0. The Balaban J connectivity index is 2.48. The molecule has 1 aromatic carbocycles. The molecule has 0 aliphatic rings. The number of nitrogens with zero attached hydrogens (tertiary/aromatic N) is 1. The van der Waals surface area contributed by atoms with Crippen LogP contribution >= 0.6 is 27.5 Å². The minimum absolute atomic E-state index is 0.237. The summed E-state index contributed by atoms with van der Waals surface area (Å²) >= 11 is 8.99. The Kier molecular flexibility index (Phi) is 3.92. The van der Waals surface area contributed by atoms with Crippen molar-refractivity contribution < 1.29 is 17.6 Å². The van der Waals surface area contributed by atoms with Gasteiger partial charge < -0.3 is 4.42 Å². The molecule has 0 radical (unpaired) electrons. The number of oxazole rings is 1. The second-order valence-corrected chi connectivity index (χ2v) is 5.38. The zero-order chi connectivity index (χ0) is 14.2. The van der Waals surface area contributed by atoms with Crippen molar-refractivity contribution >= 4 is 27.5 Å². The van der Waals surface area contributed by atoms with Gasteiger partial charge in [-0.05, 0) is 25.1 Å². The van der Waals surface area contributed by atoms with Crippen molar-refractivity contribution in [2.45, 2.75) is 18.5 Å². The van der Waals surface area contributed by atoms with Crippen molar-refractivity contribution in [2.24, 2.45) is 0 Å². The molecule has 0 aliphatic heterocycles. The molecule has 1 heterocycles. The Hall–Kier alpha value is -1.01. The SMILES string of the molecule is CC(Cl)c1ncc(-c2cc(C(F)(F)F)ccc2Br)o1. The maximum Gasteiger partial charge on any atom is 0.416 e. The van der Waals surface area contributed by atoms with E-state index < -0.39 is 17.1 Å². The third-order valence-corrected chi connectivity index (χ3v) is 3.30. The first-order valence-corrected chi connectivity index (χ1v) is 6.49. The van der Waals surface area contributed by atoms with Crippen LogP contribution in [0.5, 0.6) is 0 Å². The average Bonchev–Trinajstić information content (AvgIpc) is 2.77. The zero-order valence-corrected chi connectivity index (χ0v) is 12.0. The van der Waals surface area contributed by atoms with Gasteiger partial charge >= 0.3 is 6.18 Å². The lowest BCUT2D eigenvalue weighted by Gasteiger charge is -2.09. The summed E-state index contributed by atoms with van der Waals surface area (Å²) in [5.41, 5.74) is -0.464. The molecule has 1 atom stereocenters. The topological polar surface area (TPSA) is 26.0 Å². The number of benzene rings is 1. The molecule has 2 nitrogen and oxygen atoms in total. The summed E-state index contributed by atoms with van der Waals surface area (Å²) < 4.78 is 43.8. The molecule has 0 fully saturated rings. The van der Waals surface area contributed by atoms with Crippen molar-refractivity contribution in [3.8, 4) is 11.3 Å². The third kappa shape index (κ3) is 3.12. The van der Waals surface area contributed by atoms with Gasteiger partial charge in [-0.1, -0.05) is 15.9 Å². The summed E-state index contributed by atoms with van der Waals surface area (Å²) in [6.07, 6.45) is -3.05. The van der Waals surface area contributed by atoms with Crippen molar-refractivity contribution in [2.75, 3.05) is 0 Å². The van der Waals surface area contributed by atoms with Crippen LogP contribution in [0.3, 0.4) is 0 Å². The van der Waals surface area contributed by atoms with Gasteiger partial charge in [-0.3, -0.25) is 0 Å². The van der Waals surface area contributed by atoms with Crippen molar-refractivity contribution in [3.05, 3.63) is 40.3 Å². The summed E-state index contributed by atoms with van der Waals surface area (Å²) in [5.74, 6) is 0.501. The molecule has 0 saturated heterocycles. The standard InChI is InChI=1S/C12H8BrClF3NO/c1-6(14)11-18-5-10(19-11)8-4-7(12(15,16)17)2-3-9(8)13/h2-6H,1H3. The van der Waals surface area contributed by atoms with Gasteiger partial charge in [0.05, 0.1) is 11.8 Å². The van der Waals surface area contributed by atoms with Crippen LogP contribution in [0.1, 0.15) is 23.8 Å². The van der Waals surface area contributed by atoms with E-state index in [0.717, 1.165) is 12.1 Å². The molecule has 0 aliphatic carbocycles. The lowest BCUT2D eigenvalue weighted by Crippen LogP contribution is -2.04. The molecule has 0 N–H and O–H groups in total. The fourth-order valence-corrected chi connectivity index (χ4v) is 2.03. The molecule has 0 saturated carbocycles. The highest BCUT2D eigenvalue weighted by atomic mass is 79.9. The molecule has 1 aromatic heterocycles. The van der Waals surface area contributed by atoms with Crippen LogP contribution in [0, 0.1) is 0 Å². The lowest BCUT2D eigenvalue weighted by atomic mass is 10.1. The third-order valence-electron chi connectivity index (χ3n) is 2.42. The summed E-state index contributed by atoms with van der Waals surface area (Å²) in [4.78, 5) is 3.92. The van der Waals surface area contributed by atoms with E-state index in [1.165, 1.54) is 12.3 Å². The molecule has 2 rings (SSSR count). The van der Waals surface area contributed by atoms with Crippen LogP contribution in [0.15, 0.2) is 33.3 Å². The molecule has 2 aromatic rings. The Morgan fingerprint density at radius 1 is 1.37 bits per heavy atom. The number of rotatable bonds is 2. The second-order valence-electron chi connectivity index (χ2n) is 3.87. The average molecular weight is 355 g/mol. The first-order valence-electron chi connectivity index (χ1n) is 5.26. The number of alkyl halides is 4. The molecular weight excluding hydrogens is 346 g/mol. The second kappa shape index (κ2) is 5.17. The van der Waals surface area contributed by atoms with E-state index in [1.807, 2.05) is 0 Å². The van der Waals surface area contributed by atoms with E-state index in [1.54, 1.807) is 6.92 Å². The minimum Gasteiger partial charge on any atom is -0.439 e. The quantitative estimate of drug-likeness (QED) is 0.673. The summed E-state index contributed by atoms with van der Waals surface area (Å²) in [6, 6.07) is 3.33. The Morgan fingerprint density at radius 3 is 2.58 bits per heavy atom. The summed E-state index contributed by atoms with van der Waals surface area (Å²) in [7, 11) is 0. The number of hydrogen-bond acceptors (Lipinski definition) is 2. The van der Waals surface area contributed by atoms with Crippen molar-refractivity contribution in [3.63, 3.8) is 0 Å². The highest BCUT2D eigenvalue weighted by Crippen LogP contribution is 2.36. The van der Waals surface area contributed by atoms with Gasteiger partial charge in [0.2, 0.25) is 5.89 Å². The molecule has 0 bridgehead atoms. The number of halogens is 5. The van der Waals surface area contributed by atoms with E-state index >= 15 is 0 Å². The van der Waals surface area contributed by atoms with Crippen molar-refractivity contribution in [1.82, 2.24) is 4.98 Å². The lowest BCUT2D eigenvalue weighted by molar-refractivity contribution is -0.137. The molecule has 0 amide bonds. The Bertz CT molecular complexity index is 595. The highest BCUT2D eigenvalue weighted by molar-refractivity contribution is 9.10. The molecular formula is C12H8BrClF3NO. The van der Waals surface area contributed by atoms with E-state index in [9.17, 15) is 13.2 Å². The van der Waals surface area contributed by atoms with Crippen LogP contribution in [0.25, 0.3) is 11.3 Å². The van der Waals surface area contributed by atoms with E-state index in [4.69, 9.17) is 16.0 Å². The predicted molar refractivity (Wildman–Crippen MR) is 68.9 cm³/mol. The first-order chi connectivity index (χ1) is 8.79. The molecule has 102 valence electrons. The largest absolute Gasteiger partial charge is 0.439 e. The van der Waals surface area contributed by atoms with Gasteiger partial charge in [-0.15, -0.1) is 11.6 Å². The van der Waals surface area contributed by atoms with Crippen molar-refractivity contribution in [1.29, 1.82) is 0 Å². The molecule has 0 spiro atoms. The van der Waals surface area contributed by atoms with Crippen LogP contribution in [-0.4, -0.2) is 4.98 Å². The van der Waals surface area contributed by atoms with E-state index in [-0.39, 0.29) is 17.2 Å². The fraction of sp³-hybridized carbons (Fsp3) is 0.250. The smallest absolute Gasteiger partial charge is 0.416 e. The molecule has 19 heavy (non-hydrogen) atoms. The molecule has 7 heteroatoms. The van der Waals surface area contributed by atoms with E-state index in [0.29, 0.717) is 4.47 Å². The van der Waals surface area contributed by atoms with Gasteiger partial charge in [-0.25, -0.2) is 4.98 Å². The highest BCUT2D eigenvalue weighted by Gasteiger charge is 2.31. The minimum atomic E-state index is -4.40. The fourth-order valence-electron chi connectivity index (χ4n) is 1.49. The zero-order valence-electron chi connectivity index (χ0n) is 9.63. The van der Waals surface area contributed by atoms with Gasteiger partial charge in [0.25, 0.3) is 0 Å². The Labute approximate surface area is 120 Å². The maximum absolute atomic E-state index is 12.7. The summed E-state index contributed by atoms with van der Waals surface area (Å²) in [6.45, 7) is 1.67. The Morgan fingerprint density at radius 2 is 2.05 bits per heavy atom. The first kappa shape index (κ1) is 14.4. The maximum atomic E-state index is 12.7.